The van der Waals surface area contributed by atoms with Crippen LogP contribution in [0.4, 0.5) is 0 Å². The lowest BCUT2D eigenvalue weighted by atomic mass is 9.90. The maximum atomic E-state index is 5.34. The Hall–Kier alpha value is -1.27. The fourth-order valence-corrected chi connectivity index (χ4v) is 1.28. The second kappa shape index (κ2) is 3.85. The Labute approximate surface area is 85.3 Å². The van der Waals surface area contributed by atoms with Crippen molar-refractivity contribution in [1.29, 1.82) is 0 Å². The molecule has 0 radical (unpaired) electrons. The first-order valence-corrected chi connectivity index (χ1v) is 4.68. The third-order valence-corrected chi connectivity index (χ3v) is 1.86. The molecule has 0 aromatic carbocycles. The Kier molecular flexibility index (Phi) is 2.97. The predicted octanol–water partition coefficient (Wildman–Crippen LogP) is 1.03. The van der Waals surface area contributed by atoms with Crippen molar-refractivity contribution in [2.45, 2.75) is 26.2 Å². The van der Waals surface area contributed by atoms with Crippen molar-refractivity contribution in [3.05, 3.63) is 17.5 Å². The number of nitrogens with zero attached hydrogens (tertiary/aromatic N) is 2. The van der Waals surface area contributed by atoms with E-state index in [-0.39, 0.29) is 5.41 Å². The van der Waals surface area contributed by atoms with Crippen LogP contribution >= 0.6 is 0 Å². The normalized spacial score (nSPS) is 10.9. The van der Waals surface area contributed by atoms with Gasteiger partial charge in [-0.25, -0.2) is 0 Å². The fourth-order valence-electron chi connectivity index (χ4n) is 1.28. The summed E-state index contributed by atoms with van der Waals surface area (Å²) in [6, 6.07) is 0. The molecule has 0 amide bonds. The highest BCUT2D eigenvalue weighted by molar-refractivity contribution is 5.39. The maximum absolute atomic E-state index is 5.34. The quantitative estimate of drug-likeness (QED) is 0.622. The molecule has 1 rings (SSSR count). The van der Waals surface area contributed by atoms with Gasteiger partial charge >= 0.3 is 0 Å². The minimum absolute atomic E-state index is 0.0277. The summed E-state index contributed by atoms with van der Waals surface area (Å²) in [5.41, 5.74) is 7.38. The average Bonchev–Trinajstić information content (AvgIpc) is 2.42. The molecule has 0 spiro atoms. The highest BCUT2D eigenvalue weighted by atomic mass is 15.3. The molecule has 0 atom stereocenters. The summed E-state index contributed by atoms with van der Waals surface area (Å²) in [5, 5.41) is 4.41. The van der Waals surface area contributed by atoms with Gasteiger partial charge in [-0.1, -0.05) is 32.6 Å². The average molecular weight is 191 g/mol. The van der Waals surface area contributed by atoms with E-state index >= 15 is 0 Å². The zero-order chi connectivity index (χ0) is 10.8. The first-order valence-electron chi connectivity index (χ1n) is 4.68. The van der Waals surface area contributed by atoms with Gasteiger partial charge in [0, 0.05) is 18.7 Å². The summed E-state index contributed by atoms with van der Waals surface area (Å²) < 4.78 is 1.79. The molecule has 76 valence electrons. The van der Waals surface area contributed by atoms with Crippen LogP contribution in [0.5, 0.6) is 0 Å². The highest BCUT2D eigenvalue weighted by Crippen LogP contribution is 2.23. The van der Waals surface area contributed by atoms with E-state index in [4.69, 9.17) is 5.73 Å². The van der Waals surface area contributed by atoms with Gasteiger partial charge in [0.2, 0.25) is 0 Å². The van der Waals surface area contributed by atoms with Crippen LogP contribution in [-0.4, -0.2) is 16.3 Å². The summed E-state index contributed by atoms with van der Waals surface area (Å²) in [5.74, 6) is 5.90. The van der Waals surface area contributed by atoms with Crippen molar-refractivity contribution >= 4 is 0 Å². The molecule has 1 heterocycles. The van der Waals surface area contributed by atoms with Crippen molar-refractivity contribution in [2.75, 3.05) is 6.54 Å². The van der Waals surface area contributed by atoms with Gasteiger partial charge in [0.15, 0.2) is 0 Å². The summed E-state index contributed by atoms with van der Waals surface area (Å²) in [4.78, 5) is 0. The number of hydrogen-bond acceptors (Lipinski definition) is 2. The van der Waals surface area contributed by atoms with Crippen molar-refractivity contribution in [1.82, 2.24) is 9.78 Å². The van der Waals surface area contributed by atoms with Crippen LogP contribution in [-0.2, 0) is 12.5 Å². The van der Waals surface area contributed by atoms with Gasteiger partial charge in [-0.05, 0) is 0 Å². The van der Waals surface area contributed by atoms with Gasteiger partial charge in [-0.2, -0.15) is 5.10 Å². The molecule has 0 aliphatic heterocycles. The van der Waals surface area contributed by atoms with Crippen molar-refractivity contribution in [3.63, 3.8) is 0 Å². The molecule has 0 fully saturated rings. The Bertz CT molecular complexity index is 371. The summed E-state index contributed by atoms with van der Waals surface area (Å²) in [7, 11) is 1.91. The lowest BCUT2D eigenvalue weighted by molar-refractivity contribution is 0.552. The topological polar surface area (TPSA) is 43.8 Å². The second-order valence-electron chi connectivity index (χ2n) is 4.32. The number of aromatic nitrogens is 2. The zero-order valence-corrected chi connectivity index (χ0v) is 9.26. The van der Waals surface area contributed by atoms with E-state index < -0.39 is 0 Å². The smallest absolute Gasteiger partial charge is 0.0834 e. The van der Waals surface area contributed by atoms with E-state index in [1.54, 1.807) is 4.68 Å². The third-order valence-electron chi connectivity index (χ3n) is 1.86. The molecule has 0 bridgehead atoms. The zero-order valence-electron chi connectivity index (χ0n) is 9.26. The standard InChI is InChI=1S/C11H17N3/c1-11(2,3)10-9(6-5-7-12)8-14(4)13-10/h8H,7,12H2,1-4H3. The largest absolute Gasteiger partial charge is 0.320 e. The van der Waals surface area contributed by atoms with Crippen LogP contribution in [0, 0.1) is 11.8 Å². The van der Waals surface area contributed by atoms with E-state index in [1.807, 2.05) is 13.2 Å². The van der Waals surface area contributed by atoms with E-state index in [0.717, 1.165) is 11.3 Å². The van der Waals surface area contributed by atoms with Crippen LogP contribution < -0.4 is 5.73 Å². The Morgan fingerprint density at radius 2 is 2.14 bits per heavy atom. The molecular weight excluding hydrogens is 174 g/mol. The fraction of sp³-hybridized carbons (Fsp3) is 0.545. The van der Waals surface area contributed by atoms with Gasteiger partial charge in [0.05, 0.1) is 17.8 Å². The molecule has 14 heavy (non-hydrogen) atoms. The highest BCUT2D eigenvalue weighted by Gasteiger charge is 2.20. The first kappa shape index (κ1) is 10.8. The van der Waals surface area contributed by atoms with Gasteiger partial charge < -0.3 is 5.73 Å². The van der Waals surface area contributed by atoms with Gasteiger partial charge in [-0.15, -0.1) is 0 Å². The summed E-state index contributed by atoms with van der Waals surface area (Å²) in [6.45, 7) is 6.77. The van der Waals surface area contributed by atoms with Gasteiger partial charge in [0.25, 0.3) is 0 Å². The molecule has 0 unspecified atom stereocenters. The monoisotopic (exact) mass is 191 g/mol. The predicted molar refractivity (Wildman–Crippen MR) is 57.8 cm³/mol. The first-order chi connectivity index (χ1) is 6.45. The van der Waals surface area contributed by atoms with E-state index in [9.17, 15) is 0 Å². The Morgan fingerprint density at radius 1 is 1.50 bits per heavy atom. The van der Waals surface area contributed by atoms with E-state index in [2.05, 4.69) is 37.7 Å². The van der Waals surface area contributed by atoms with Crippen molar-refractivity contribution in [3.8, 4) is 11.8 Å². The molecule has 0 saturated carbocycles. The molecule has 0 aliphatic carbocycles. The summed E-state index contributed by atoms with van der Waals surface area (Å²) in [6.07, 6.45) is 1.93. The van der Waals surface area contributed by atoms with E-state index in [0.29, 0.717) is 6.54 Å². The molecule has 1 aromatic rings. The molecule has 0 aliphatic rings. The van der Waals surface area contributed by atoms with Crippen LogP contribution in [0.1, 0.15) is 32.0 Å². The van der Waals surface area contributed by atoms with Crippen molar-refractivity contribution < 1.29 is 0 Å². The lowest BCUT2D eigenvalue weighted by Crippen LogP contribution is -2.14. The van der Waals surface area contributed by atoms with Crippen LogP contribution in [0.3, 0.4) is 0 Å². The molecular formula is C11H17N3. The van der Waals surface area contributed by atoms with Crippen LogP contribution in [0.25, 0.3) is 0 Å². The SMILES string of the molecule is Cn1cc(C#CCN)c(C(C)(C)C)n1. The van der Waals surface area contributed by atoms with Crippen molar-refractivity contribution in [2.24, 2.45) is 12.8 Å². The lowest BCUT2D eigenvalue weighted by Gasteiger charge is -2.15. The minimum atomic E-state index is 0.0277. The Morgan fingerprint density at radius 3 is 2.64 bits per heavy atom. The van der Waals surface area contributed by atoms with Crippen LogP contribution in [0.2, 0.25) is 0 Å². The van der Waals surface area contributed by atoms with E-state index in [1.165, 1.54) is 0 Å². The minimum Gasteiger partial charge on any atom is -0.320 e. The Balaban J connectivity index is 3.16. The summed E-state index contributed by atoms with van der Waals surface area (Å²) >= 11 is 0. The molecule has 3 nitrogen and oxygen atoms in total. The second-order valence-corrected chi connectivity index (χ2v) is 4.32. The third kappa shape index (κ3) is 2.36. The number of nitrogens with two attached hydrogens (primary N) is 1. The van der Waals surface area contributed by atoms with Gasteiger partial charge in [-0.3, -0.25) is 4.68 Å². The molecule has 0 saturated heterocycles. The number of rotatable bonds is 0. The van der Waals surface area contributed by atoms with Gasteiger partial charge in [0.1, 0.15) is 0 Å². The molecule has 3 heteroatoms. The van der Waals surface area contributed by atoms with Crippen LogP contribution in [0.15, 0.2) is 6.20 Å². The molecule has 2 N–H and O–H groups in total. The molecule has 1 aromatic heterocycles. The number of aryl methyl sites for hydroxylation is 1. The maximum Gasteiger partial charge on any atom is 0.0834 e. The number of hydrogen-bond donors (Lipinski definition) is 1.